The number of anilines is 1. The molecule has 2 aromatic carbocycles. The van der Waals surface area contributed by atoms with Gasteiger partial charge in [-0.15, -0.1) is 0 Å². The van der Waals surface area contributed by atoms with Crippen LogP contribution in [0.15, 0.2) is 39.3 Å². The summed E-state index contributed by atoms with van der Waals surface area (Å²) in [5.41, 5.74) is 3.18. The first kappa shape index (κ1) is 13.8. The molecule has 2 heterocycles. The molecule has 1 N–H and O–H groups in total. The van der Waals surface area contributed by atoms with Gasteiger partial charge in [0.25, 0.3) is 5.91 Å². The second-order valence-corrected chi connectivity index (χ2v) is 6.70. The lowest BCUT2D eigenvalue weighted by molar-refractivity contribution is -0.110. The van der Waals surface area contributed by atoms with Crippen molar-refractivity contribution in [1.82, 2.24) is 0 Å². The molecule has 0 aliphatic carbocycles. The van der Waals surface area contributed by atoms with Crippen LogP contribution in [0.2, 0.25) is 0 Å². The number of carbonyl (C=O) groups is 1. The molecule has 0 spiro atoms. The van der Waals surface area contributed by atoms with E-state index < -0.39 is 0 Å². The van der Waals surface area contributed by atoms with Gasteiger partial charge in [-0.1, -0.05) is 31.9 Å². The third-order valence-corrected chi connectivity index (χ3v) is 4.74. The van der Waals surface area contributed by atoms with Crippen LogP contribution in [-0.2, 0) is 4.79 Å². The summed E-state index contributed by atoms with van der Waals surface area (Å²) in [6.45, 7) is 0.220. The largest absolute Gasteiger partial charge is 0.454 e. The summed E-state index contributed by atoms with van der Waals surface area (Å²) >= 11 is 6.95. The summed E-state index contributed by atoms with van der Waals surface area (Å²) in [6.07, 6.45) is 1.85. The van der Waals surface area contributed by atoms with Crippen LogP contribution >= 0.6 is 31.9 Å². The summed E-state index contributed by atoms with van der Waals surface area (Å²) in [5.74, 6) is 1.27. The minimum atomic E-state index is -0.113. The van der Waals surface area contributed by atoms with Gasteiger partial charge < -0.3 is 14.8 Å². The maximum atomic E-state index is 12.2. The molecule has 2 aliphatic rings. The van der Waals surface area contributed by atoms with Crippen LogP contribution in [0.25, 0.3) is 11.6 Å². The first-order valence-corrected chi connectivity index (χ1v) is 8.12. The highest BCUT2D eigenvalue weighted by Crippen LogP contribution is 2.40. The Morgan fingerprint density at radius 1 is 1.09 bits per heavy atom. The van der Waals surface area contributed by atoms with Crippen LogP contribution in [0.5, 0.6) is 11.5 Å². The first-order valence-electron chi connectivity index (χ1n) is 6.54. The van der Waals surface area contributed by atoms with Gasteiger partial charge in [-0.2, -0.15) is 0 Å². The van der Waals surface area contributed by atoms with E-state index in [-0.39, 0.29) is 12.7 Å². The number of benzene rings is 2. The minimum Gasteiger partial charge on any atom is -0.454 e. The van der Waals surface area contributed by atoms with E-state index in [1.54, 1.807) is 0 Å². The molecule has 2 aromatic rings. The van der Waals surface area contributed by atoms with Crippen LogP contribution in [0.3, 0.4) is 0 Å². The van der Waals surface area contributed by atoms with Crippen LogP contribution in [0.1, 0.15) is 11.1 Å². The zero-order valence-corrected chi connectivity index (χ0v) is 14.3. The van der Waals surface area contributed by atoms with E-state index in [4.69, 9.17) is 9.47 Å². The predicted molar refractivity (Wildman–Crippen MR) is 90.9 cm³/mol. The Kier molecular flexibility index (Phi) is 3.23. The van der Waals surface area contributed by atoms with E-state index in [0.717, 1.165) is 25.8 Å². The summed E-state index contributed by atoms with van der Waals surface area (Å²) in [4.78, 5) is 12.2. The molecule has 4 nitrogen and oxygen atoms in total. The van der Waals surface area contributed by atoms with Gasteiger partial charge in [-0.25, -0.2) is 0 Å². The standard InChI is InChI=1S/C16H9Br2NO3/c17-9-1-2-13-10(5-9)11(16(20)19-13)3-8-4-14-15(6-12(8)18)22-7-21-14/h1-6H,7H2,(H,19,20)/b11-3-. The van der Waals surface area contributed by atoms with Gasteiger partial charge in [0.15, 0.2) is 11.5 Å². The van der Waals surface area contributed by atoms with Crippen molar-refractivity contribution in [2.45, 2.75) is 0 Å². The fourth-order valence-electron chi connectivity index (χ4n) is 2.50. The molecular weight excluding hydrogens is 414 g/mol. The topological polar surface area (TPSA) is 47.6 Å². The van der Waals surface area contributed by atoms with Gasteiger partial charge >= 0.3 is 0 Å². The Morgan fingerprint density at radius 3 is 2.68 bits per heavy atom. The number of fused-ring (bicyclic) bond motifs is 2. The summed E-state index contributed by atoms with van der Waals surface area (Å²) in [6, 6.07) is 9.43. The number of carbonyl (C=O) groups excluding carboxylic acids is 1. The number of nitrogens with one attached hydrogen (secondary N) is 1. The van der Waals surface area contributed by atoms with Gasteiger partial charge in [-0.3, -0.25) is 4.79 Å². The van der Waals surface area contributed by atoms with E-state index >= 15 is 0 Å². The number of amides is 1. The predicted octanol–water partition coefficient (Wildman–Crippen LogP) is 4.43. The Bertz CT molecular complexity index is 846. The number of hydrogen-bond acceptors (Lipinski definition) is 3. The average Bonchev–Trinajstić information content (AvgIpc) is 3.04. The minimum absolute atomic E-state index is 0.113. The molecule has 1 amide bonds. The van der Waals surface area contributed by atoms with Crippen molar-refractivity contribution < 1.29 is 14.3 Å². The van der Waals surface area contributed by atoms with Crippen molar-refractivity contribution in [3.63, 3.8) is 0 Å². The number of hydrogen-bond donors (Lipinski definition) is 1. The molecule has 22 heavy (non-hydrogen) atoms. The third kappa shape index (κ3) is 2.23. The van der Waals surface area contributed by atoms with E-state index in [1.807, 2.05) is 36.4 Å². The van der Waals surface area contributed by atoms with E-state index in [9.17, 15) is 4.79 Å². The van der Waals surface area contributed by atoms with Crippen LogP contribution in [-0.4, -0.2) is 12.7 Å². The zero-order chi connectivity index (χ0) is 15.3. The molecule has 0 unspecified atom stereocenters. The van der Waals surface area contributed by atoms with Crippen molar-refractivity contribution in [2.24, 2.45) is 0 Å². The van der Waals surface area contributed by atoms with E-state index in [0.29, 0.717) is 17.1 Å². The lowest BCUT2D eigenvalue weighted by Crippen LogP contribution is -2.03. The maximum absolute atomic E-state index is 12.2. The fourth-order valence-corrected chi connectivity index (χ4v) is 3.30. The number of rotatable bonds is 1. The lowest BCUT2D eigenvalue weighted by atomic mass is 10.0. The van der Waals surface area contributed by atoms with Crippen LogP contribution in [0.4, 0.5) is 5.69 Å². The molecule has 110 valence electrons. The molecule has 0 bridgehead atoms. The van der Waals surface area contributed by atoms with Crippen molar-refractivity contribution in [3.8, 4) is 11.5 Å². The molecule has 0 aromatic heterocycles. The highest BCUT2D eigenvalue weighted by Gasteiger charge is 2.25. The van der Waals surface area contributed by atoms with Crippen molar-refractivity contribution in [3.05, 3.63) is 50.4 Å². The quantitative estimate of drug-likeness (QED) is 0.691. The Hall–Kier alpha value is -1.79. The molecule has 4 rings (SSSR count). The van der Waals surface area contributed by atoms with Crippen molar-refractivity contribution >= 4 is 55.1 Å². The zero-order valence-electron chi connectivity index (χ0n) is 11.2. The second kappa shape index (κ2) is 5.14. The van der Waals surface area contributed by atoms with Crippen LogP contribution in [0, 0.1) is 0 Å². The molecule has 0 radical (unpaired) electrons. The first-order chi connectivity index (χ1) is 10.6. The van der Waals surface area contributed by atoms with Gasteiger partial charge in [-0.05, 0) is 42.0 Å². The molecular formula is C16H9Br2NO3. The fraction of sp³-hybridized carbons (Fsp3) is 0.0625. The maximum Gasteiger partial charge on any atom is 0.256 e. The average molecular weight is 423 g/mol. The van der Waals surface area contributed by atoms with E-state index in [2.05, 4.69) is 37.2 Å². The van der Waals surface area contributed by atoms with Crippen molar-refractivity contribution in [1.29, 1.82) is 0 Å². The molecule has 6 heteroatoms. The molecule has 0 saturated carbocycles. The third-order valence-electron chi connectivity index (χ3n) is 3.56. The smallest absolute Gasteiger partial charge is 0.256 e. The Balaban J connectivity index is 1.84. The van der Waals surface area contributed by atoms with Gasteiger partial charge in [0.05, 0.1) is 0 Å². The second-order valence-electron chi connectivity index (χ2n) is 4.93. The lowest BCUT2D eigenvalue weighted by Gasteiger charge is -2.04. The monoisotopic (exact) mass is 421 g/mol. The summed E-state index contributed by atoms with van der Waals surface area (Å²) < 4.78 is 12.5. The van der Waals surface area contributed by atoms with Crippen molar-refractivity contribution in [2.75, 3.05) is 12.1 Å². The summed E-state index contributed by atoms with van der Waals surface area (Å²) in [5, 5.41) is 2.87. The number of ether oxygens (including phenoxy) is 2. The molecule has 0 saturated heterocycles. The Labute approximate surface area is 143 Å². The highest BCUT2D eigenvalue weighted by atomic mass is 79.9. The normalized spacial score (nSPS) is 16.8. The van der Waals surface area contributed by atoms with Gasteiger partial charge in [0, 0.05) is 25.8 Å². The number of halogens is 2. The summed E-state index contributed by atoms with van der Waals surface area (Å²) in [7, 11) is 0. The van der Waals surface area contributed by atoms with Gasteiger partial charge in [0.2, 0.25) is 6.79 Å². The Morgan fingerprint density at radius 2 is 1.86 bits per heavy atom. The van der Waals surface area contributed by atoms with Crippen LogP contribution < -0.4 is 14.8 Å². The SMILES string of the molecule is O=C1Nc2ccc(Br)cc2/C1=C/c1cc2c(cc1Br)OCO2. The van der Waals surface area contributed by atoms with E-state index in [1.165, 1.54) is 0 Å². The molecule has 0 atom stereocenters. The molecule has 0 fully saturated rings. The highest BCUT2D eigenvalue weighted by molar-refractivity contribution is 9.10. The van der Waals surface area contributed by atoms with Gasteiger partial charge in [0.1, 0.15) is 0 Å². The molecule has 2 aliphatic heterocycles.